The van der Waals surface area contributed by atoms with Crippen molar-refractivity contribution >= 4 is 17.5 Å². The standard InChI is InChI=1S/C20H17FN4O3/c1-23-13-3-5-16(24-10-13)17(26)9-12-2-4-15(21)14(8-12)20-6-7-27-18(20)11-28-19(22)25-20/h2-5,8,10,18H,6-7,9,11H2,(H2,22,25)/t18-,20+/m0/s1. The molecular formula is C20H17FN4O3. The number of ketones is 1. The number of amidine groups is 1. The van der Waals surface area contributed by atoms with E-state index in [4.69, 9.17) is 21.8 Å². The lowest BCUT2D eigenvalue weighted by Gasteiger charge is -2.34. The van der Waals surface area contributed by atoms with Crippen molar-refractivity contribution in [2.24, 2.45) is 10.7 Å². The quantitative estimate of drug-likeness (QED) is 0.650. The van der Waals surface area contributed by atoms with Crippen molar-refractivity contribution in [1.29, 1.82) is 0 Å². The van der Waals surface area contributed by atoms with E-state index < -0.39 is 17.5 Å². The number of nitrogens with two attached hydrogens (primary N) is 1. The highest BCUT2D eigenvalue weighted by atomic mass is 19.1. The number of rotatable bonds is 4. The molecule has 3 heterocycles. The summed E-state index contributed by atoms with van der Waals surface area (Å²) in [5.74, 6) is -0.648. The number of hydrogen-bond donors (Lipinski definition) is 1. The van der Waals surface area contributed by atoms with Crippen molar-refractivity contribution in [3.63, 3.8) is 0 Å². The first-order valence-electron chi connectivity index (χ1n) is 8.77. The van der Waals surface area contributed by atoms with Gasteiger partial charge in [0.1, 0.15) is 29.8 Å². The summed E-state index contributed by atoms with van der Waals surface area (Å²) in [4.78, 5) is 24.2. The molecule has 0 saturated carbocycles. The highest BCUT2D eigenvalue weighted by molar-refractivity contribution is 5.96. The van der Waals surface area contributed by atoms with E-state index in [1.54, 1.807) is 18.2 Å². The molecule has 1 aromatic carbocycles. The van der Waals surface area contributed by atoms with Crippen molar-refractivity contribution in [2.75, 3.05) is 13.2 Å². The summed E-state index contributed by atoms with van der Waals surface area (Å²) in [6.07, 6.45) is 1.46. The molecule has 0 spiro atoms. The second kappa shape index (κ2) is 7.02. The van der Waals surface area contributed by atoms with Crippen molar-refractivity contribution in [1.82, 2.24) is 4.98 Å². The molecule has 4 rings (SSSR count). The summed E-state index contributed by atoms with van der Waals surface area (Å²) in [7, 11) is 0. The van der Waals surface area contributed by atoms with Gasteiger partial charge in [0.05, 0.1) is 13.2 Å². The number of aromatic nitrogens is 1. The Hall–Kier alpha value is -3.31. The summed E-state index contributed by atoms with van der Waals surface area (Å²) < 4.78 is 25.6. The molecule has 1 fully saturated rings. The number of hydrogen-bond acceptors (Lipinski definition) is 6. The van der Waals surface area contributed by atoms with Gasteiger partial charge in [-0.3, -0.25) is 9.78 Å². The maximum Gasteiger partial charge on any atom is 0.283 e. The monoisotopic (exact) mass is 380 g/mol. The van der Waals surface area contributed by atoms with Crippen molar-refractivity contribution < 1.29 is 18.7 Å². The smallest absolute Gasteiger partial charge is 0.283 e. The van der Waals surface area contributed by atoms with Gasteiger partial charge >= 0.3 is 0 Å². The maximum atomic E-state index is 14.7. The highest BCUT2D eigenvalue weighted by Gasteiger charge is 2.50. The van der Waals surface area contributed by atoms with E-state index in [2.05, 4.69) is 14.8 Å². The zero-order valence-corrected chi connectivity index (χ0v) is 14.9. The number of ether oxygens (including phenoxy) is 2. The number of pyridine rings is 1. The predicted molar refractivity (Wildman–Crippen MR) is 98.5 cm³/mol. The van der Waals surface area contributed by atoms with Gasteiger partial charge in [-0.25, -0.2) is 14.2 Å². The number of aliphatic imine (C=N–C) groups is 1. The number of halogens is 1. The van der Waals surface area contributed by atoms with Crippen molar-refractivity contribution in [3.8, 4) is 0 Å². The van der Waals surface area contributed by atoms with Gasteiger partial charge < -0.3 is 15.2 Å². The third-order valence-corrected chi connectivity index (χ3v) is 5.05. The third-order valence-electron chi connectivity index (χ3n) is 5.05. The average Bonchev–Trinajstić information content (AvgIpc) is 3.13. The largest absolute Gasteiger partial charge is 0.463 e. The zero-order valence-electron chi connectivity index (χ0n) is 14.9. The van der Waals surface area contributed by atoms with Crippen LogP contribution in [0.25, 0.3) is 4.85 Å². The maximum absolute atomic E-state index is 14.7. The summed E-state index contributed by atoms with van der Waals surface area (Å²) in [5.41, 5.74) is 6.41. The Labute approximate surface area is 160 Å². The lowest BCUT2D eigenvalue weighted by atomic mass is 9.82. The van der Waals surface area contributed by atoms with E-state index in [-0.39, 0.29) is 30.5 Å². The number of benzene rings is 1. The van der Waals surface area contributed by atoms with Gasteiger partial charge in [-0.1, -0.05) is 12.1 Å². The van der Waals surface area contributed by atoms with Crippen LogP contribution in [-0.2, 0) is 21.4 Å². The molecule has 0 unspecified atom stereocenters. The van der Waals surface area contributed by atoms with Crippen LogP contribution in [0.4, 0.5) is 10.1 Å². The molecule has 2 aliphatic heterocycles. The average molecular weight is 380 g/mol. The van der Waals surface area contributed by atoms with Crippen LogP contribution in [0.3, 0.4) is 0 Å². The lowest BCUT2D eigenvalue weighted by molar-refractivity contribution is 0.0208. The van der Waals surface area contributed by atoms with E-state index >= 15 is 0 Å². The van der Waals surface area contributed by atoms with E-state index in [0.29, 0.717) is 29.8 Å². The number of nitrogens with zero attached hydrogens (tertiary/aromatic N) is 3. The predicted octanol–water partition coefficient (Wildman–Crippen LogP) is 2.53. The van der Waals surface area contributed by atoms with Crippen molar-refractivity contribution in [3.05, 3.63) is 70.6 Å². The highest BCUT2D eigenvalue weighted by Crippen LogP contribution is 2.43. The molecule has 2 aromatic rings. The molecule has 1 aromatic heterocycles. The molecule has 2 atom stereocenters. The Balaban J connectivity index is 1.65. The van der Waals surface area contributed by atoms with E-state index in [1.807, 2.05) is 0 Å². The van der Waals surface area contributed by atoms with Gasteiger partial charge in [0, 0.05) is 24.6 Å². The first kappa shape index (κ1) is 18.1. The first-order chi connectivity index (χ1) is 13.5. The van der Waals surface area contributed by atoms with Gasteiger partial charge in [0.2, 0.25) is 5.69 Å². The minimum atomic E-state index is -0.943. The zero-order chi connectivity index (χ0) is 19.7. The van der Waals surface area contributed by atoms with Crippen LogP contribution in [0.2, 0.25) is 0 Å². The van der Waals surface area contributed by atoms with Gasteiger partial charge in [-0.2, -0.15) is 0 Å². The van der Waals surface area contributed by atoms with Crippen LogP contribution >= 0.6 is 0 Å². The number of carbonyl (C=O) groups excluding carboxylic acids is 1. The van der Waals surface area contributed by atoms with Crippen LogP contribution in [0.1, 0.15) is 28.0 Å². The van der Waals surface area contributed by atoms with Gasteiger partial charge in [-0.15, -0.1) is 0 Å². The van der Waals surface area contributed by atoms with Crippen molar-refractivity contribution in [2.45, 2.75) is 24.5 Å². The molecule has 28 heavy (non-hydrogen) atoms. The van der Waals surface area contributed by atoms with Gasteiger partial charge in [0.15, 0.2) is 5.78 Å². The second-order valence-electron chi connectivity index (χ2n) is 6.72. The molecule has 1 saturated heterocycles. The molecule has 2 aliphatic rings. The summed E-state index contributed by atoms with van der Waals surface area (Å²) in [6.45, 7) is 7.57. The Morgan fingerprint density at radius 2 is 2.25 bits per heavy atom. The lowest BCUT2D eigenvalue weighted by Crippen LogP contribution is -2.45. The van der Waals surface area contributed by atoms with Crippen LogP contribution in [0, 0.1) is 12.4 Å². The molecule has 2 N–H and O–H groups in total. The molecule has 7 nitrogen and oxygen atoms in total. The Morgan fingerprint density at radius 1 is 1.39 bits per heavy atom. The van der Waals surface area contributed by atoms with Crippen LogP contribution < -0.4 is 5.73 Å². The van der Waals surface area contributed by atoms with Crippen LogP contribution in [0.5, 0.6) is 0 Å². The topological polar surface area (TPSA) is 91.2 Å². The Kier molecular flexibility index (Phi) is 4.53. The summed E-state index contributed by atoms with van der Waals surface area (Å²) >= 11 is 0. The first-order valence-corrected chi connectivity index (χ1v) is 8.77. The molecule has 0 radical (unpaired) electrons. The summed E-state index contributed by atoms with van der Waals surface area (Å²) in [6, 6.07) is 7.61. The molecule has 0 aliphatic carbocycles. The molecular weight excluding hydrogens is 363 g/mol. The van der Waals surface area contributed by atoms with Crippen LogP contribution in [0.15, 0.2) is 41.5 Å². The fourth-order valence-corrected chi connectivity index (χ4v) is 3.64. The molecule has 8 heteroatoms. The second-order valence-corrected chi connectivity index (χ2v) is 6.72. The summed E-state index contributed by atoms with van der Waals surface area (Å²) in [5, 5.41) is 0. The number of fused-ring (bicyclic) bond motifs is 1. The Morgan fingerprint density at radius 3 is 3.00 bits per heavy atom. The van der Waals surface area contributed by atoms with Crippen LogP contribution in [-0.4, -0.2) is 36.1 Å². The molecule has 0 bridgehead atoms. The normalized spacial score (nSPS) is 23.3. The minimum absolute atomic E-state index is 0.00623. The fraction of sp³-hybridized carbons (Fsp3) is 0.300. The number of Topliss-reactive ketones (excluding diaryl/α,β-unsaturated/α-hetero) is 1. The third kappa shape index (κ3) is 3.10. The Bertz CT molecular complexity index is 1000. The molecule has 142 valence electrons. The minimum Gasteiger partial charge on any atom is -0.463 e. The van der Waals surface area contributed by atoms with E-state index in [9.17, 15) is 9.18 Å². The van der Waals surface area contributed by atoms with Gasteiger partial charge in [-0.05, 0) is 23.8 Å². The fourth-order valence-electron chi connectivity index (χ4n) is 3.64. The number of carbonyl (C=O) groups is 1. The molecule has 0 amide bonds. The van der Waals surface area contributed by atoms with E-state index in [0.717, 1.165) is 0 Å². The SMILES string of the molecule is [C-]#[N+]c1ccc(C(=O)Cc2ccc(F)c([C@]34CCO[C@H]3COC(N)=N4)c2)nc1. The van der Waals surface area contributed by atoms with Gasteiger partial charge in [0.25, 0.3) is 6.02 Å². The van der Waals surface area contributed by atoms with E-state index in [1.165, 1.54) is 18.3 Å².